The lowest BCUT2D eigenvalue weighted by Crippen LogP contribution is -2.52. The highest BCUT2D eigenvalue weighted by molar-refractivity contribution is 5.99. The monoisotopic (exact) mass is 395 g/mol. The molecule has 9 heteroatoms. The van der Waals surface area contributed by atoms with E-state index in [9.17, 15) is 23.1 Å². The van der Waals surface area contributed by atoms with E-state index in [2.05, 4.69) is 10.3 Å². The Balaban J connectivity index is 1.86. The molecule has 0 bridgehead atoms. The van der Waals surface area contributed by atoms with Crippen LogP contribution in [0, 0.1) is 0 Å². The van der Waals surface area contributed by atoms with E-state index < -0.39 is 17.8 Å². The number of rotatable bonds is 4. The third-order valence-corrected chi connectivity index (χ3v) is 4.46. The van der Waals surface area contributed by atoms with E-state index in [1.54, 1.807) is 17.0 Å². The topological polar surface area (TPSA) is 74.7 Å². The summed E-state index contributed by atoms with van der Waals surface area (Å²) in [5.74, 6) is -0.178. The summed E-state index contributed by atoms with van der Waals surface area (Å²) in [6.07, 6.45) is -3.49. The summed E-state index contributed by atoms with van der Waals surface area (Å²) in [4.78, 5) is 18.7. The van der Waals surface area contributed by atoms with E-state index in [1.807, 2.05) is 6.92 Å². The fourth-order valence-corrected chi connectivity index (χ4v) is 2.95. The number of hydrogen-bond donors (Lipinski definition) is 2. The summed E-state index contributed by atoms with van der Waals surface area (Å²) < 4.78 is 44.2. The number of carbonyl (C=O) groups excluding carboxylic acids is 1. The van der Waals surface area contributed by atoms with E-state index in [0.717, 1.165) is 12.1 Å². The lowest BCUT2D eigenvalue weighted by Gasteiger charge is -2.37. The standard InChI is InChI=1S/C19H20F3N3O3/c1-12-11-28-15(10-26)9-25(12)18(27)16-6-3-7-23-17(16)24-14-5-2-4-13(8-14)19(20,21)22/h2-8,12,15,26H,9-11H2,1H3,(H,23,24)/t12-,15+/m0/s1. The Bertz CT molecular complexity index is 844. The molecule has 1 saturated heterocycles. The zero-order valence-electron chi connectivity index (χ0n) is 15.1. The number of anilines is 2. The highest BCUT2D eigenvalue weighted by Gasteiger charge is 2.32. The molecule has 2 atom stereocenters. The van der Waals surface area contributed by atoms with Crippen LogP contribution in [0.4, 0.5) is 24.7 Å². The van der Waals surface area contributed by atoms with Gasteiger partial charge in [-0.15, -0.1) is 0 Å². The molecule has 0 radical (unpaired) electrons. The first kappa shape index (κ1) is 20.1. The second-order valence-electron chi connectivity index (χ2n) is 6.55. The molecule has 2 aromatic rings. The molecule has 150 valence electrons. The van der Waals surface area contributed by atoms with Crippen molar-refractivity contribution in [3.05, 3.63) is 53.7 Å². The molecule has 1 aliphatic heterocycles. The van der Waals surface area contributed by atoms with Gasteiger partial charge in [0.15, 0.2) is 0 Å². The van der Waals surface area contributed by atoms with Gasteiger partial charge in [-0.2, -0.15) is 13.2 Å². The second-order valence-corrected chi connectivity index (χ2v) is 6.55. The van der Waals surface area contributed by atoms with Gasteiger partial charge in [-0.05, 0) is 37.3 Å². The van der Waals surface area contributed by atoms with Gasteiger partial charge in [0, 0.05) is 18.4 Å². The zero-order chi connectivity index (χ0) is 20.3. The molecule has 6 nitrogen and oxygen atoms in total. The van der Waals surface area contributed by atoms with Gasteiger partial charge in [0.05, 0.1) is 36.5 Å². The Morgan fingerprint density at radius 1 is 1.36 bits per heavy atom. The van der Waals surface area contributed by atoms with Crippen LogP contribution < -0.4 is 5.32 Å². The van der Waals surface area contributed by atoms with Gasteiger partial charge in [0.1, 0.15) is 5.82 Å². The predicted molar refractivity (Wildman–Crippen MR) is 96.3 cm³/mol. The number of benzene rings is 1. The summed E-state index contributed by atoms with van der Waals surface area (Å²) in [6, 6.07) is 7.61. The number of aliphatic hydroxyl groups is 1. The second kappa shape index (κ2) is 8.15. The Hall–Kier alpha value is -2.65. The highest BCUT2D eigenvalue weighted by Crippen LogP contribution is 2.31. The third-order valence-electron chi connectivity index (χ3n) is 4.46. The Morgan fingerprint density at radius 3 is 2.86 bits per heavy atom. The third kappa shape index (κ3) is 4.42. The van der Waals surface area contributed by atoms with Crippen LogP contribution in [0.3, 0.4) is 0 Å². The van der Waals surface area contributed by atoms with Crippen molar-refractivity contribution in [1.29, 1.82) is 0 Å². The summed E-state index contributed by atoms with van der Waals surface area (Å²) in [5, 5.41) is 12.1. The van der Waals surface area contributed by atoms with Gasteiger partial charge in [-0.25, -0.2) is 4.98 Å². The van der Waals surface area contributed by atoms with Crippen molar-refractivity contribution in [1.82, 2.24) is 9.88 Å². The Morgan fingerprint density at radius 2 is 2.14 bits per heavy atom. The number of ether oxygens (including phenoxy) is 1. The van der Waals surface area contributed by atoms with Crippen LogP contribution in [0.1, 0.15) is 22.8 Å². The lowest BCUT2D eigenvalue weighted by atomic mass is 10.1. The van der Waals surface area contributed by atoms with Gasteiger partial charge in [-0.1, -0.05) is 6.07 Å². The molecule has 3 rings (SSSR count). The molecule has 1 fully saturated rings. The van der Waals surface area contributed by atoms with Crippen molar-refractivity contribution < 1.29 is 27.8 Å². The van der Waals surface area contributed by atoms with Gasteiger partial charge in [0.2, 0.25) is 0 Å². The molecule has 0 unspecified atom stereocenters. The molecule has 1 aromatic carbocycles. The summed E-state index contributed by atoms with van der Waals surface area (Å²) in [5.41, 5.74) is -0.398. The number of aliphatic hydroxyl groups excluding tert-OH is 1. The number of alkyl halides is 3. The van der Waals surface area contributed by atoms with Crippen LogP contribution in [0.15, 0.2) is 42.6 Å². The first-order valence-electron chi connectivity index (χ1n) is 8.72. The van der Waals surface area contributed by atoms with Crippen molar-refractivity contribution >= 4 is 17.4 Å². The van der Waals surface area contributed by atoms with E-state index >= 15 is 0 Å². The molecule has 1 aliphatic rings. The number of nitrogens with one attached hydrogen (secondary N) is 1. The SMILES string of the molecule is C[C@H]1CO[C@@H](CO)CN1C(=O)c1cccnc1Nc1cccc(C(F)(F)F)c1. The van der Waals surface area contributed by atoms with Crippen molar-refractivity contribution in [2.75, 3.05) is 25.1 Å². The average molecular weight is 395 g/mol. The molecular weight excluding hydrogens is 375 g/mol. The van der Waals surface area contributed by atoms with Crippen molar-refractivity contribution in [3.8, 4) is 0 Å². The van der Waals surface area contributed by atoms with Crippen molar-refractivity contribution in [3.63, 3.8) is 0 Å². The number of halogens is 3. The van der Waals surface area contributed by atoms with Crippen molar-refractivity contribution in [2.45, 2.75) is 25.2 Å². The number of nitrogens with zero attached hydrogens (tertiary/aromatic N) is 2. The maximum atomic E-state index is 13.0. The molecule has 2 N–H and O–H groups in total. The van der Waals surface area contributed by atoms with Crippen LogP contribution >= 0.6 is 0 Å². The average Bonchev–Trinajstić information content (AvgIpc) is 2.68. The van der Waals surface area contributed by atoms with Gasteiger partial charge in [-0.3, -0.25) is 4.79 Å². The number of pyridine rings is 1. The molecular formula is C19H20F3N3O3. The van der Waals surface area contributed by atoms with Crippen LogP contribution in [-0.4, -0.2) is 52.8 Å². The molecule has 1 amide bonds. The Labute approximate surface area is 159 Å². The van der Waals surface area contributed by atoms with Crippen LogP contribution in [0.25, 0.3) is 0 Å². The minimum atomic E-state index is -4.47. The molecule has 2 heterocycles. The quantitative estimate of drug-likeness (QED) is 0.832. The maximum absolute atomic E-state index is 13.0. The molecule has 1 aromatic heterocycles. The zero-order valence-corrected chi connectivity index (χ0v) is 15.1. The molecule has 0 spiro atoms. The normalized spacial score (nSPS) is 20.1. The van der Waals surface area contributed by atoms with Crippen molar-refractivity contribution in [2.24, 2.45) is 0 Å². The fraction of sp³-hybridized carbons (Fsp3) is 0.368. The molecule has 0 saturated carbocycles. The fourth-order valence-electron chi connectivity index (χ4n) is 2.95. The van der Waals surface area contributed by atoms with Crippen LogP contribution in [-0.2, 0) is 10.9 Å². The van der Waals surface area contributed by atoms with Gasteiger partial charge < -0.3 is 20.1 Å². The van der Waals surface area contributed by atoms with Crippen LogP contribution in [0.5, 0.6) is 0 Å². The summed E-state index contributed by atoms with van der Waals surface area (Å²) in [6.45, 7) is 2.11. The van der Waals surface area contributed by atoms with Crippen LogP contribution in [0.2, 0.25) is 0 Å². The van der Waals surface area contributed by atoms with Gasteiger partial charge in [0.25, 0.3) is 5.91 Å². The first-order chi connectivity index (χ1) is 13.3. The smallest absolute Gasteiger partial charge is 0.394 e. The maximum Gasteiger partial charge on any atom is 0.416 e. The highest BCUT2D eigenvalue weighted by atomic mass is 19.4. The minimum Gasteiger partial charge on any atom is -0.394 e. The molecule has 28 heavy (non-hydrogen) atoms. The predicted octanol–water partition coefficient (Wildman–Crippen LogP) is 3.07. The lowest BCUT2D eigenvalue weighted by molar-refractivity contribution is -0.137. The molecule has 0 aliphatic carbocycles. The number of carbonyl (C=O) groups is 1. The van der Waals surface area contributed by atoms with E-state index in [4.69, 9.17) is 4.74 Å². The van der Waals surface area contributed by atoms with E-state index in [1.165, 1.54) is 18.3 Å². The number of amides is 1. The van der Waals surface area contributed by atoms with E-state index in [-0.39, 0.29) is 48.8 Å². The van der Waals surface area contributed by atoms with Gasteiger partial charge >= 0.3 is 6.18 Å². The first-order valence-corrected chi connectivity index (χ1v) is 8.72. The number of hydrogen-bond acceptors (Lipinski definition) is 5. The summed E-state index contributed by atoms with van der Waals surface area (Å²) >= 11 is 0. The number of morpholine rings is 1. The Kier molecular flexibility index (Phi) is 5.85. The largest absolute Gasteiger partial charge is 0.416 e. The minimum absolute atomic E-state index is 0.158. The summed E-state index contributed by atoms with van der Waals surface area (Å²) in [7, 11) is 0. The number of aromatic nitrogens is 1. The van der Waals surface area contributed by atoms with E-state index in [0.29, 0.717) is 0 Å².